The van der Waals surface area contributed by atoms with Gasteiger partial charge >= 0.3 is 6.03 Å². The number of urea groups is 1. The second-order valence-corrected chi connectivity index (χ2v) is 8.95. The molecule has 2 fully saturated rings. The molecule has 0 aromatic heterocycles. The van der Waals surface area contributed by atoms with Crippen molar-refractivity contribution in [2.45, 2.75) is 44.3 Å². The van der Waals surface area contributed by atoms with Crippen LogP contribution in [0, 0.1) is 0 Å². The summed E-state index contributed by atoms with van der Waals surface area (Å²) >= 11 is 12.6. The lowest BCUT2D eigenvalue weighted by Crippen LogP contribution is -2.49. The van der Waals surface area contributed by atoms with Gasteiger partial charge in [-0.1, -0.05) is 53.5 Å². The first-order valence-corrected chi connectivity index (χ1v) is 11.6. The van der Waals surface area contributed by atoms with Crippen LogP contribution in [0.15, 0.2) is 48.5 Å². The van der Waals surface area contributed by atoms with Crippen molar-refractivity contribution in [3.8, 4) is 0 Å². The number of piperidine rings is 2. The van der Waals surface area contributed by atoms with Gasteiger partial charge in [-0.05, 0) is 55.9 Å². The zero-order valence-electron chi connectivity index (χ0n) is 17.1. The van der Waals surface area contributed by atoms with Gasteiger partial charge < -0.3 is 14.5 Å². The van der Waals surface area contributed by atoms with E-state index in [1.54, 1.807) is 0 Å². The number of hydrogen-bond donors (Lipinski definition) is 0. The van der Waals surface area contributed by atoms with Crippen LogP contribution < -0.4 is 0 Å². The smallest absolute Gasteiger partial charge is 0.320 e. The van der Waals surface area contributed by atoms with Gasteiger partial charge in [0.05, 0.1) is 6.10 Å². The van der Waals surface area contributed by atoms with Crippen molar-refractivity contribution < 1.29 is 9.53 Å². The van der Waals surface area contributed by atoms with Crippen LogP contribution in [0.5, 0.6) is 0 Å². The number of likely N-dealkylation sites (tertiary alicyclic amines) is 2. The third kappa shape index (κ3) is 5.11. The van der Waals surface area contributed by atoms with Crippen molar-refractivity contribution in [2.24, 2.45) is 0 Å². The molecule has 2 aromatic carbocycles. The maximum Gasteiger partial charge on any atom is 0.320 e. The maximum atomic E-state index is 12.8. The van der Waals surface area contributed by atoms with E-state index in [1.807, 2.05) is 58.3 Å². The average Bonchev–Trinajstić information content (AvgIpc) is 2.79. The SMILES string of the molecule is O=C(N1CCCCC1)N1CCC(OC(c2ccc(Cl)cc2)c2ccccc2Cl)CC1. The van der Waals surface area contributed by atoms with Crippen LogP contribution in [-0.2, 0) is 4.74 Å². The van der Waals surface area contributed by atoms with E-state index in [0.717, 1.165) is 63.0 Å². The molecule has 2 aliphatic heterocycles. The molecule has 2 saturated heterocycles. The zero-order chi connectivity index (χ0) is 20.9. The molecule has 0 saturated carbocycles. The van der Waals surface area contributed by atoms with Gasteiger partial charge in [-0.15, -0.1) is 0 Å². The van der Waals surface area contributed by atoms with Crippen LogP contribution >= 0.6 is 23.2 Å². The van der Waals surface area contributed by atoms with E-state index < -0.39 is 0 Å². The molecule has 0 bridgehead atoms. The third-order valence-corrected chi connectivity index (χ3v) is 6.62. The molecule has 0 N–H and O–H groups in total. The number of rotatable bonds is 4. The summed E-state index contributed by atoms with van der Waals surface area (Å²) < 4.78 is 6.58. The Bertz CT molecular complexity index is 845. The number of halogens is 2. The molecule has 0 radical (unpaired) electrons. The first-order chi connectivity index (χ1) is 14.6. The molecule has 2 aromatic rings. The first kappa shape index (κ1) is 21.5. The molecule has 2 aliphatic rings. The Kier molecular flexibility index (Phi) is 7.19. The molecule has 30 heavy (non-hydrogen) atoms. The van der Waals surface area contributed by atoms with Crippen LogP contribution in [0.4, 0.5) is 4.79 Å². The van der Waals surface area contributed by atoms with Crippen LogP contribution in [0.25, 0.3) is 0 Å². The van der Waals surface area contributed by atoms with Gasteiger partial charge in [-0.25, -0.2) is 4.79 Å². The first-order valence-electron chi connectivity index (χ1n) is 10.8. The Morgan fingerprint density at radius 3 is 2.17 bits per heavy atom. The van der Waals surface area contributed by atoms with Gasteiger partial charge in [-0.3, -0.25) is 0 Å². The van der Waals surface area contributed by atoms with Crippen molar-refractivity contribution in [3.05, 3.63) is 69.7 Å². The van der Waals surface area contributed by atoms with Crippen molar-refractivity contribution in [1.82, 2.24) is 9.80 Å². The number of nitrogens with zero attached hydrogens (tertiary/aromatic N) is 2. The summed E-state index contributed by atoms with van der Waals surface area (Å²) in [6.45, 7) is 3.24. The zero-order valence-corrected chi connectivity index (χ0v) is 18.6. The molecule has 6 heteroatoms. The monoisotopic (exact) mass is 446 g/mol. The fraction of sp³-hybridized carbons (Fsp3) is 0.458. The molecule has 2 heterocycles. The molecule has 160 valence electrons. The Morgan fingerprint density at radius 1 is 0.867 bits per heavy atom. The number of carbonyl (C=O) groups excluding carboxylic acids is 1. The van der Waals surface area contributed by atoms with Crippen molar-refractivity contribution >= 4 is 29.2 Å². The van der Waals surface area contributed by atoms with Gasteiger partial charge in [0.1, 0.15) is 6.10 Å². The molecule has 4 nitrogen and oxygen atoms in total. The van der Waals surface area contributed by atoms with Crippen LogP contribution in [0.3, 0.4) is 0 Å². The molecule has 0 spiro atoms. The van der Waals surface area contributed by atoms with Crippen molar-refractivity contribution in [1.29, 1.82) is 0 Å². The Balaban J connectivity index is 1.43. The number of carbonyl (C=O) groups is 1. The average molecular weight is 447 g/mol. The minimum absolute atomic E-state index is 0.0763. The molecule has 2 amide bonds. The van der Waals surface area contributed by atoms with Crippen molar-refractivity contribution in [2.75, 3.05) is 26.2 Å². The molecule has 0 aliphatic carbocycles. The molecule has 4 rings (SSSR count). The van der Waals surface area contributed by atoms with Crippen LogP contribution in [-0.4, -0.2) is 48.1 Å². The number of hydrogen-bond acceptors (Lipinski definition) is 2. The fourth-order valence-electron chi connectivity index (χ4n) is 4.32. The van der Waals surface area contributed by atoms with Gasteiger partial charge in [0.25, 0.3) is 0 Å². The number of amides is 2. The Labute approximate surface area is 188 Å². The summed E-state index contributed by atoms with van der Waals surface area (Å²) in [5, 5.41) is 1.39. The van der Waals surface area contributed by atoms with E-state index in [2.05, 4.69) is 0 Å². The normalized spacial score (nSPS) is 19.0. The van der Waals surface area contributed by atoms with Gasteiger partial charge in [0, 0.05) is 41.8 Å². The largest absolute Gasteiger partial charge is 0.365 e. The highest BCUT2D eigenvalue weighted by Crippen LogP contribution is 2.34. The number of benzene rings is 2. The lowest BCUT2D eigenvalue weighted by atomic mass is 10.00. The summed E-state index contributed by atoms with van der Waals surface area (Å²) in [4.78, 5) is 16.8. The highest BCUT2D eigenvalue weighted by atomic mass is 35.5. The van der Waals surface area contributed by atoms with Crippen LogP contribution in [0.1, 0.15) is 49.3 Å². The second-order valence-electron chi connectivity index (χ2n) is 8.11. The summed E-state index contributed by atoms with van der Waals surface area (Å²) in [7, 11) is 0. The quantitative estimate of drug-likeness (QED) is 0.562. The van der Waals surface area contributed by atoms with Crippen LogP contribution in [0.2, 0.25) is 10.0 Å². The molecular weight excluding hydrogens is 419 g/mol. The lowest BCUT2D eigenvalue weighted by Gasteiger charge is -2.38. The fourth-order valence-corrected chi connectivity index (χ4v) is 4.68. The summed E-state index contributed by atoms with van der Waals surface area (Å²) in [6, 6.07) is 15.7. The predicted octanol–water partition coefficient (Wildman–Crippen LogP) is 6.17. The summed E-state index contributed by atoms with van der Waals surface area (Å²) in [5.41, 5.74) is 1.98. The third-order valence-electron chi connectivity index (χ3n) is 6.03. The highest BCUT2D eigenvalue weighted by Gasteiger charge is 2.30. The lowest BCUT2D eigenvalue weighted by molar-refractivity contribution is -0.0233. The maximum absolute atomic E-state index is 12.8. The van der Waals surface area contributed by atoms with E-state index in [0.29, 0.717) is 10.0 Å². The van der Waals surface area contributed by atoms with Crippen molar-refractivity contribution in [3.63, 3.8) is 0 Å². The second kappa shape index (κ2) is 10.0. The Hall–Kier alpha value is -1.75. The summed E-state index contributed by atoms with van der Waals surface area (Å²) in [6.07, 6.45) is 4.94. The van der Waals surface area contributed by atoms with E-state index in [-0.39, 0.29) is 18.2 Å². The van der Waals surface area contributed by atoms with E-state index in [9.17, 15) is 4.79 Å². The Morgan fingerprint density at radius 2 is 1.50 bits per heavy atom. The van der Waals surface area contributed by atoms with Gasteiger partial charge in [-0.2, -0.15) is 0 Å². The minimum Gasteiger partial charge on any atom is -0.365 e. The molecule has 1 unspecified atom stereocenters. The minimum atomic E-state index is -0.259. The standard InChI is InChI=1S/C24H28Cl2N2O2/c25-19-10-8-18(9-11-19)23(21-6-2-3-7-22(21)26)30-20-12-16-28(17-13-20)24(29)27-14-4-1-5-15-27/h2-3,6-11,20,23H,1,4-5,12-17H2. The topological polar surface area (TPSA) is 32.8 Å². The predicted molar refractivity (Wildman–Crippen MR) is 121 cm³/mol. The van der Waals surface area contributed by atoms with E-state index in [1.165, 1.54) is 6.42 Å². The van der Waals surface area contributed by atoms with Gasteiger partial charge in [0.15, 0.2) is 0 Å². The summed E-state index contributed by atoms with van der Waals surface area (Å²) in [5.74, 6) is 0. The number of ether oxygens (including phenoxy) is 1. The molecular formula is C24H28Cl2N2O2. The van der Waals surface area contributed by atoms with Gasteiger partial charge in [0.2, 0.25) is 0 Å². The van der Waals surface area contributed by atoms with E-state index >= 15 is 0 Å². The van der Waals surface area contributed by atoms with E-state index in [4.69, 9.17) is 27.9 Å². The molecule has 1 atom stereocenters. The highest BCUT2D eigenvalue weighted by molar-refractivity contribution is 6.31.